The van der Waals surface area contributed by atoms with Crippen molar-refractivity contribution in [3.05, 3.63) is 0 Å². The van der Waals surface area contributed by atoms with Crippen molar-refractivity contribution in [2.24, 2.45) is 11.8 Å². The summed E-state index contributed by atoms with van der Waals surface area (Å²) in [7, 11) is 0. The van der Waals surface area contributed by atoms with Crippen LogP contribution in [-0.2, 0) is 4.74 Å². The number of ether oxygens (including phenoxy) is 1. The number of hydrogen-bond acceptors (Lipinski definition) is 3. The Morgan fingerprint density at radius 3 is 2.61 bits per heavy atom. The third-order valence-electron chi connectivity index (χ3n) is 3.99. The first kappa shape index (κ1) is 13.7. The molecule has 1 saturated heterocycles. The van der Waals surface area contributed by atoms with E-state index in [-0.39, 0.29) is 12.2 Å². The summed E-state index contributed by atoms with van der Waals surface area (Å²) in [5.41, 5.74) is -0.420. The van der Waals surface area contributed by atoms with Gasteiger partial charge >= 0.3 is 6.09 Å². The van der Waals surface area contributed by atoms with Crippen molar-refractivity contribution in [3.8, 4) is 0 Å². The molecule has 0 aromatic rings. The molecule has 0 aromatic carbocycles. The smallest absolute Gasteiger partial charge is 0.410 e. The Hall–Kier alpha value is -0.770. The molecule has 1 aliphatic carbocycles. The number of aliphatic hydroxyl groups excluding tert-OH is 1. The Bertz CT molecular complexity index is 311. The summed E-state index contributed by atoms with van der Waals surface area (Å²) in [5.74, 6) is 1.14. The number of likely N-dealkylation sites (tertiary alicyclic amines) is 1. The van der Waals surface area contributed by atoms with Gasteiger partial charge in [0.2, 0.25) is 0 Å². The van der Waals surface area contributed by atoms with Crippen molar-refractivity contribution in [2.75, 3.05) is 13.1 Å². The topological polar surface area (TPSA) is 49.8 Å². The fourth-order valence-corrected chi connectivity index (χ4v) is 3.08. The molecular formula is C14H25NO3. The number of carbonyl (C=O) groups is 1. The van der Waals surface area contributed by atoms with E-state index < -0.39 is 5.60 Å². The van der Waals surface area contributed by atoms with Crippen LogP contribution in [-0.4, -0.2) is 40.9 Å². The number of nitrogens with zero attached hydrogens (tertiary/aromatic N) is 1. The van der Waals surface area contributed by atoms with Crippen molar-refractivity contribution in [3.63, 3.8) is 0 Å². The maximum Gasteiger partial charge on any atom is 0.410 e. The first-order chi connectivity index (χ1) is 8.35. The number of carbonyl (C=O) groups excluding carboxylic acids is 1. The molecule has 0 spiro atoms. The Morgan fingerprint density at radius 2 is 1.94 bits per heavy atom. The van der Waals surface area contributed by atoms with Crippen LogP contribution in [0.25, 0.3) is 0 Å². The van der Waals surface area contributed by atoms with Crippen LogP contribution >= 0.6 is 0 Å². The summed E-state index contributed by atoms with van der Waals surface area (Å²) < 4.78 is 5.42. The molecule has 2 fully saturated rings. The lowest BCUT2D eigenvalue weighted by atomic mass is 9.74. The first-order valence-electron chi connectivity index (χ1n) is 7.01. The lowest BCUT2D eigenvalue weighted by molar-refractivity contribution is -0.00835. The predicted octanol–water partition coefficient (Wildman–Crippen LogP) is 2.40. The van der Waals surface area contributed by atoms with Gasteiger partial charge in [-0.25, -0.2) is 4.79 Å². The van der Waals surface area contributed by atoms with E-state index in [1.165, 1.54) is 0 Å². The third kappa shape index (κ3) is 3.37. The summed E-state index contributed by atoms with van der Waals surface area (Å²) in [6.45, 7) is 7.26. The molecule has 1 amide bonds. The zero-order chi connectivity index (χ0) is 13.3. The maximum absolute atomic E-state index is 12.0. The van der Waals surface area contributed by atoms with Crippen molar-refractivity contribution in [2.45, 2.75) is 58.2 Å². The summed E-state index contributed by atoms with van der Waals surface area (Å²) in [6, 6.07) is 0. The molecule has 0 bridgehead atoms. The number of aliphatic hydroxyl groups is 1. The van der Waals surface area contributed by atoms with Gasteiger partial charge in [-0.2, -0.15) is 0 Å². The Balaban J connectivity index is 1.89. The Kier molecular flexibility index (Phi) is 3.85. The van der Waals surface area contributed by atoms with Crippen molar-refractivity contribution >= 4 is 6.09 Å². The number of hydrogen-bond donors (Lipinski definition) is 1. The van der Waals surface area contributed by atoms with E-state index in [4.69, 9.17) is 4.74 Å². The summed E-state index contributed by atoms with van der Waals surface area (Å²) in [4.78, 5) is 13.8. The zero-order valence-corrected chi connectivity index (χ0v) is 11.7. The average molecular weight is 255 g/mol. The van der Waals surface area contributed by atoms with E-state index in [1.807, 2.05) is 25.7 Å². The highest BCUT2D eigenvalue weighted by Crippen LogP contribution is 2.36. The second-order valence-electron chi connectivity index (χ2n) is 6.70. The van der Waals surface area contributed by atoms with Gasteiger partial charge in [0.1, 0.15) is 5.60 Å². The van der Waals surface area contributed by atoms with E-state index in [9.17, 15) is 9.90 Å². The molecule has 2 aliphatic rings. The van der Waals surface area contributed by atoms with Gasteiger partial charge < -0.3 is 14.7 Å². The van der Waals surface area contributed by atoms with Crippen LogP contribution < -0.4 is 0 Å². The highest BCUT2D eigenvalue weighted by atomic mass is 16.6. The van der Waals surface area contributed by atoms with Crippen molar-refractivity contribution < 1.29 is 14.6 Å². The summed E-state index contributed by atoms with van der Waals surface area (Å²) in [5, 5.41) is 9.67. The van der Waals surface area contributed by atoms with Gasteiger partial charge in [0, 0.05) is 13.1 Å². The van der Waals surface area contributed by atoms with Crippen LogP contribution in [0.1, 0.15) is 46.5 Å². The van der Waals surface area contributed by atoms with Crippen LogP contribution in [0, 0.1) is 11.8 Å². The number of rotatable bonds is 0. The van der Waals surface area contributed by atoms with Crippen LogP contribution in [0.2, 0.25) is 0 Å². The number of piperidine rings is 1. The normalized spacial score (nSPS) is 32.9. The molecule has 0 radical (unpaired) electrons. The fourth-order valence-electron chi connectivity index (χ4n) is 3.08. The maximum atomic E-state index is 12.0. The summed E-state index contributed by atoms with van der Waals surface area (Å²) >= 11 is 0. The molecule has 4 nitrogen and oxygen atoms in total. The Morgan fingerprint density at radius 1 is 1.22 bits per heavy atom. The van der Waals surface area contributed by atoms with Crippen LogP contribution in [0.4, 0.5) is 4.79 Å². The second-order valence-corrected chi connectivity index (χ2v) is 6.70. The third-order valence-corrected chi connectivity index (χ3v) is 3.99. The fraction of sp³-hybridized carbons (Fsp3) is 0.929. The standard InChI is InChI=1S/C14H25NO3/c1-14(2,3)18-13(17)15-7-6-10-8-12(16)5-4-11(10)9-15/h10-12,16H,4-9H2,1-3H3/t10-,11+,12-/m0/s1. The van der Waals surface area contributed by atoms with Crippen LogP contribution in [0.15, 0.2) is 0 Å². The van der Waals surface area contributed by atoms with Gasteiger partial charge in [-0.1, -0.05) is 0 Å². The van der Waals surface area contributed by atoms with Crippen molar-refractivity contribution in [1.29, 1.82) is 0 Å². The minimum Gasteiger partial charge on any atom is -0.444 e. The largest absolute Gasteiger partial charge is 0.444 e. The second kappa shape index (κ2) is 5.08. The van der Waals surface area contributed by atoms with E-state index in [1.54, 1.807) is 0 Å². The van der Waals surface area contributed by atoms with Crippen LogP contribution in [0.5, 0.6) is 0 Å². The minimum atomic E-state index is -0.420. The lowest BCUT2D eigenvalue weighted by Gasteiger charge is -2.42. The molecule has 1 heterocycles. The van der Waals surface area contributed by atoms with E-state index >= 15 is 0 Å². The molecule has 1 N–H and O–H groups in total. The monoisotopic (exact) mass is 255 g/mol. The first-order valence-corrected chi connectivity index (χ1v) is 7.01. The van der Waals surface area contributed by atoms with Gasteiger partial charge in [-0.05, 0) is 58.3 Å². The molecule has 2 rings (SSSR count). The minimum absolute atomic E-state index is 0.126. The zero-order valence-electron chi connectivity index (χ0n) is 11.7. The van der Waals surface area contributed by atoms with Gasteiger partial charge in [0.25, 0.3) is 0 Å². The molecule has 18 heavy (non-hydrogen) atoms. The van der Waals surface area contributed by atoms with Gasteiger partial charge in [-0.3, -0.25) is 0 Å². The highest BCUT2D eigenvalue weighted by Gasteiger charge is 2.36. The summed E-state index contributed by atoms with van der Waals surface area (Å²) in [6.07, 6.45) is 3.51. The average Bonchev–Trinajstić information content (AvgIpc) is 2.26. The molecule has 0 unspecified atom stereocenters. The number of fused-ring (bicyclic) bond motifs is 1. The molecule has 104 valence electrons. The van der Waals surface area contributed by atoms with Gasteiger partial charge in [0.05, 0.1) is 6.10 Å². The van der Waals surface area contributed by atoms with E-state index in [0.29, 0.717) is 11.8 Å². The number of amides is 1. The Labute approximate surface area is 109 Å². The van der Waals surface area contributed by atoms with Crippen molar-refractivity contribution in [1.82, 2.24) is 4.90 Å². The molecule has 0 aromatic heterocycles. The van der Waals surface area contributed by atoms with Gasteiger partial charge in [-0.15, -0.1) is 0 Å². The van der Waals surface area contributed by atoms with E-state index in [2.05, 4.69) is 0 Å². The van der Waals surface area contributed by atoms with Gasteiger partial charge in [0.15, 0.2) is 0 Å². The van der Waals surface area contributed by atoms with Crippen LogP contribution in [0.3, 0.4) is 0 Å². The predicted molar refractivity (Wildman–Crippen MR) is 69.3 cm³/mol. The van der Waals surface area contributed by atoms with E-state index in [0.717, 1.165) is 38.8 Å². The molecule has 1 saturated carbocycles. The molecular weight excluding hydrogens is 230 g/mol. The molecule has 4 heteroatoms. The quantitative estimate of drug-likeness (QED) is 0.723. The molecule has 3 atom stereocenters. The lowest BCUT2D eigenvalue weighted by Crippen LogP contribution is -2.47. The molecule has 1 aliphatic heterocycles. The SMILES string of the molecule is CC(C)(C)OC(=O)N1CC[C@H]2C[C@@H](O)CC[C@@H]2C1. The highest BCUT2D eigenvalue weighted by molar-refractivity contribution is 5.68.